The van der Waals surface area contributed by atoms with Crippen LogP contribution in [-0.4, -0.2) is 6.61 Å². The molecule has 10 heavy (non-hydrogen) atoms. The van der Waals surface area contributed by atoms with Crippen LogP contribution >= 0.6 is 12.6 Å². The van der Waals surface area contributed by atoms with Crippen molar-refractivity contribution in [2.45, 2.75) is 11.8 Å². The topological polar surface area (TPSA) is 13.1 Å². The van der Waals surface area contributed by atoms with Crippen LogP contribution in [0.1, 0.15) is 6.92 Å². The summed E-state index contributed by atoms with van der Waals surface area (Å²) in [6.07, 6.45) is 3.65. The number of thiol groups is 1. The summed E-state index contributed by atoms with van der Waals surface area (Å²) < 4.78 is 1.64. The minimum Gasteiger partial charge on any atom is -0.272 e. The van der Waals surface area contributed by atoms with Gasteiger partial charge < -0.3 is 0 Å². The van der Waals surface area contributed by atoms with Crippen molar-refractivity contribution >= 4 is 12.6 Å². The third kappa shape index (κ3) is 1.92. The van der Waals surface area contributed by atoms with Gasteiger partial charge in [-0.2, -0.15) is 0 Å². The number of pyridine rings is 1. The molecule has 0 unspecified atom stereocenters. The van der Waals surface area contributed by atoms with Crippen LogP contribution in [0.3, 0.4) is 0 Å². The molecule has 1 rings (SSSR count). The van der Waals surface area contributed by atoms with Crippen molar-refractivity contribution in [3.8, 4) is 0 Å². The second-order valence-electron chi connectivity index (χ2n) is 1.84. The summed E-state index contributed by atoms with van der Waals surface area (Å²) in [6.45, 7) is 2.61. The lowest BCUT2D eigenvalue weighted by Crippen LogP contribution is -2.41. The van der Waals surface area contributed by atoms with Crippen molar-refractivity contribution < 1.29 is 9.57 Å². The summed E-state index contributed by atoms with van der Waals surface area (Å²) in [5.41, 5.74) is 0. The summed E-state index contributed by atoms with van der Waals surface area (Å²) in [7, 11) is 0. The van der Waals surface area contributed by atoms with Gasteiger partial charge in [0.25, 0.3) is 0 Å². The highest BCUT2D eigenvalue weighted by molar-refractivity contribution is 7.80. The average molecular weight is 156 g/mol. The van der Waals surface area contributed by atoms with Gasteiger partial charge in [0.15, 0.2) is 6.61 Å². The molecule has 0 atom stereocenters. The molecule has 1 aromatic rings. The zero-order valence-corrected chi connectivity index (χ0v) is 6.71. The highest BCUT2D eigenvalue weighted by Gasteiger charge is 1.97. The molecule has 0 spiro atoms. The molecular formula is C7H10NOS+. The van der Waals surface area contributed by atoms with Crippen molar-refractivity contribution in [3.05, 3.63) is 24.5 Å². The molecule has 0 aliphatic carbocycles. The van der Waals surface area contributed by atoms with E-state index in [2.05, 4.69) is 12.6 Å². The van der Waals surface area contributed by atoms with Gasteiger partial charge in [-0.1, -0.05) is 0 Å². The minimum absolute atomic E-state index is 0.669. The van der Waals surface area contributed by atoms with Gasteiger partial charge in [-0.15, -0.1) is 12.6 Å². The van der Waals surface area contributed by atoms with Crippen LogP contribution < -0.4 is 9.57 Å². The second kappa shape index (κ2) is 3.46. The van der Waals surface area contributed by atoms with E-state index in [0.29, 0.717) is 6.61 Å². The third-order valence-electron chi connectivity index (χ3n) is 1.04. The van der Waals surface area contributed by atoms with Crippen LogP contribution in [0.15, 0.2) is 29.4 Å². The molecule has 0 saturated carbocycles. The number of rotatable bonds is 2. The van der Waals surface area contributed by atoms with Gasteiger partial charge in [0.2, 0.25) is 12.4 Å². The molecule has 0 radical (unpaired) electrons. The summed E-state index contributed by atoms with van der Waals surface area (Å²) in [6, 6.07) is 3.79. The van der Waals surface area contributed by atoms with E-state index < -0.39 is 0 Å². The third-order valence-corrected chi connectivity index (χ3v) is 1.30. The van der Waals surface area contributed by atoms with Crippen LogP contribution in [0.2, 0.25) is 0 Å². The number of hydrogen-bond donors (Lipinski definition) is 1. The van der Waals surface area contributed by atoms with E-state index in [1.54, 1.807) is 4.73 Å². The lowest BCUT2D eigenvalue weighted by atomic mass is 10.5. The fourth-order valence-electron chi connectivity index (χ4n) is 0.672. The van der Waals surface area contributed by atoms with Crippen molar-refractivity contribution in [2.75, 3.05) is 6.61 Å². The van der Waals surface area contributed by atoms with Crippen molar-refractivity contribution in [1.29, 1.82) is 0 Å². The Morgan fingerprint density at radius 2 is 2.50 bits per heavy atom. The standard InChI is InChI=1S/C7H9NOS/c1-2-9-8-5-3-4-7(10)6-8/h3-6H,2H2,1H3/p+1. The molecule has 2 nitrogen and oxygen atoms in total. The van der Waals surface area contributed by atoms with Gasteiger partial charge in [-0.05, 0) is 13.0 Å². The lowest BCUT2D eigenvalue weighted by molar-refractivity contribution is -0.892. The van der Waals surface area contributed by atoms with Gasteiger partial charge in [0.05, 0.1) is 4.90 Å². The molecule has 3 heteroatoms. The van der Waals surface area contributed by atoms with Crippen LogP contribution in [0.4, 0.5) is 0 Å². The summed E-state index contributed by atoms with van der Waals surface area (Å²) in [5, 5.41) is 0. The van der Waals surface area contributed by atoms with Crippen molar-refractivity contribution in [2.24, 2.45) is 0 Å². The van der Waals surface area contributed by atoms with Gasteiger partial charge in [-0.3, -0.25) is 4.84 Å². The van der Waals surface area contributed by atoms with Gasteiger partial charge in [-0.25, -0.2) is 0 Å². The van der Waals surface area contributed by atoms with E-state index in [9.17, 15) is 0 Å². The fraction of sp³-hybridized carbons (Fsp3) is 0.286. The Hall–Kier alpha value is -0.700. The van der Waals surface area contributed by atoms with E-state index in [0.717, 1.165) is 4.90 Å². The fourth-order valence-corrected chi connectivity index (χ4v) is 0.872. The molecule has 0 aromatic carbocycles. The lowest BCUT2D eigenvalue weighted by Gasteiger charge is -1.92. The Bertz CT molecular complexity index is 215. The molecule has 0 bridgehead atoms. The highest BCUT2D eigenvalue weighted by Crippen LogP contribution is 1.97. The predicted octanol–water partition coefficient (Wildman–Crippen LogP) is 0.711. The van der Waals surface area contributed by atoms with E-state index in [1.165, 1.54) is 0 Å². The van der Waals surface area contributed by atoms with Crippen LogP contribution in [0, 0.1) is 0 Å². The Morgan fingerprint density at radius 3 is 3.10 bits per heavy atom. The SMILES string of the molecule is CCO[n+]1cccc(S)c1. The summed E-state index contributed by atoms with van der Waals surface area (Å²) >= 11 is 4.15. The molecule has 0 N–H and O–H groups in total. The first-order valence-electron chi connectivity index (χ1n) is 3.16. The molecule has 1 heterocycles. The molecule has 1 aromatic heterocycles. The Balaban J connectivity index is 2.75. The molecular weight excluding hydrogens is 146 g/mol. The molecule has 0 amide bonds. The maximum atomic E-state index is 5.15. The molecule has 0 fully saturated rings. The average Bonchev–Trinajstić information content (AvgIpc) is 1.88. The minimum atomic E-state index is 0.669. The Morgan fingerprint density at radius 1 is 1.70 bits per heavy atom. The number of hydrogen-bond acceptors (Lipinski definition) is 2. The maximum Gasteiger partial charge on any atom is 0.235 e. The number of nitrogens with zero attached hydrogens (tertiary/aromatic N) is 1. The second-order valence-corrected chi connectivity index (χ2v) is 2.36. The zero-order chi connectivity index (χ0) is 7.40. The van der Waals surface area contributed by atoms with Crippen molar-refractivity contribution in [1.82, 2.24) is 0 Å². The van der Waals surface area contributed by atoms with E-state index in [-0.39, 0.29) is 0 Å². The normalized spacial score (nSPS) is 9.40. The van der Waals surface area contributed by atoms with Crippen LogP contribution in [0.25, 0.3) is 0 Å². The first-order chi connectivity index (χ1) is 4.83. The summed E-state index contributed by atoms with van der Waals surface area (Å²) in [4.78, 5) is 6.05. The van der Waals surface area contributed by atoms with Gasteiger partial charge in [0, 0.05) is 10.8 Å². The number of aromatic nitrogens is 1. The predicted molar refractivity (Wildman–Crippen MR) is 41.0 cm³/mol. The van der Waals surface area contributed by atoms with E-state index >= 15 is 0 Å². The van der Waals surface area contributed by atoms with Crippen molar-refractivity contribution in [3.63, 3.8) is 0 Å². The molecule has 0 aliphatic heterocycles. The van der Waals surface area contributed by atoms with E-state index in [4.69, 9.17) is 4.84 Å². The summed E-state index contributed by atoms with van der Waals surface area (Å²) in [5.74, 6) is 0. The zero-order valence-electron chi connectivity index (χ0n) is 5.82. The van der Waals surface area contributed by atoms with E-state index in [1.807, 2.05) is 31.5 Å². The Kier molecular flexibility index (Phi) is 2.57. The van der Waals surface area contributed by atoms with Gasteiger partial charge in [0.1, 0.15) is 0 Å². The molecule has 54 valence electrons. The van der Waals surface area contributed by atoms with Gasteiger partial charge >= 0.3 is 0 Å². The van der Waals surface area contributed by atoms with Crippen LogP contribution in [-0.2, 0) is 0 Å². The molecule has 0 aliphatic rings. The maximum absolute atomic E-state index is 5.15. The largest absolute Gasteiger partial charge is 0.272 e. The highest BCUT2D eigenvalue weighted by atomic mass is 32.1. The first kappa shape index (κ1) is 7.41. The molecule has 0 saturated heterocycles. The monoisotopic (exact) mass is 156 g/mol. The van der Waals surface area contributed by atoms with Crippen LogP contribution in [0.5, 0.6) is 0 Å². The first-order valence-corrected chi connectivity index (χ1v) is 3.61. The quantitative estimate of drug-likeness (QED) is 0.491. The smallest absolute Gasteiger partial charge is 0.235 e. The Labute approximate surface area is 65.8 Å².